The van der Waals surface area contributed by atoms with Crippen molar-refractivity contribution in [1.82, 2.24) is 4.90 Å². The van der Waals surface area contributed by atoms with Gasteiger partial charge in [0.15, 0.2) is 0 Å². The monoisotopic (exact) mass is 299 g/mol. The number of halogens is 1. The zero-order valence-electron chi connectivity index (χ0n) is 10.2. The number of hydrogen-bond donors (Lipinski definition) is 1. The van der Waals surface area contributed by atoms with Crippen molar-refractivity contribution in [3.63, 3.8) is 0 Å². The highest BCUT2D eigenvalue weighted by atomic mass is 79.9. The van der Waals surface area contributed by atoms with Gasteiger partial charge in [-0.2, -0.15) is 0 Å². The van der Waals surface area contributed by atoms with E-state index in [1.165, 1.54) is 0 Å². The van der Waals surface area contributed by atoms with Crippen molar-refractivity contribution < 1.29 is 9.90 Å². The zero-order valence-corrected chi connectivity index (χ0v) is 11.8. The Morgan fingerprint density at radius 3 is 2.65 bits per heavy atom. The second-order valence-corrected chi connectivity index (χ2v) is 4.85. The molecule has 0 saturated heterocycles. The van der Waals surface area contributed by atoms with E-state index in [1.54, 1.807) is 4.90 Å². The van der Waals surface area contributed by atoms with Crippen molar-refractivity contribution in [2.45, 2.75) is 20.3 Å². The first-order valence-electron chi connectivity index (χ1n) is 5.76. The molecule has 0 heterocycles. The number of aryl methyl sites for hydroxylation is 1. The lowest BCUT2D eigenvalue weighted by Gasteiger charge is -2.21. The number of nitrogens with zero attached hydrogens (tertiary/aromatic N) is 1. The van der Waals surface area contributed by atoms with Crippen LogP contribution in [0.15, 0.2) is 22.7 Å². The fourth-order valence-electron chi connectivity index (χ4n) is 1.67. The highest BCUT2D eigenvalue weighted by Gasteiger charge is 2.16. The van der Waals surface area contributed by atoms with Gasteiger partial charge in [-0.15, -0.1) is 0 Å². The van der Waals surface area contributed by atoms with Crippen LogP contribution in [0.3, 0.4) is 0 Å². The van der Waals surface area contributed by atoms with Crippen LogP contribution >= 0.6 is 15.9 Å². The Labute approximate surface area is 111 Å². The van der Waals surface area contributed by atoms with E-state index in [4.69, 9.17) is 5.11 Å². The topological polar surface area (TPSA) is 40.5 Å². The van der Waals surface area contributed by atoms with Crippen molar-refractivity contribution in [2.24, 2.45) is 0 Å². The molecule has 94 valence electrons. The molecule has 0 saturated carbocycles. The number of amides is 1. The van der Waals surface area contributed by atoms with Crippen molar-refractivity contribution >= 4 is 21.8 Å². The van der Waals surface area contributed by atoms with E-state index < -0.39 is 0 Å². The SMILES string of the molecule is CCCN(CCO)C(=O)c1ccc(C)cc1Br. The van der Waals surface area contributed by atoms with Gasteiger partial charge < -0.3 is 10.0 Å². The highest BCUT2D eigenvalue weighted by molar-refractivity contribution is 9.10. The summed E-state index contributed by atoms with van der Waals surface area (Å²) in [7, 11) is 0. The molecule has 0 bridgehead atoms. The van der Waals surface area contributed by atoms with Gasteiger partial charge in [0, 0.05) is 17.6 Å². The van der Waals surface area contributed by atoms with Crippen LogP contribution in [-0.4, -0.2) is 35.6 Å². The molecule has 0 aromatic heterocycles. The van der Waals surface area contributed by atoms with Gasteiger partial charge >= 0.3 is 0 Å². The van der Waals surface area contributed by atoms with Crippen LogP contribution < -0.4 is 0 Å². The predicted molar refractivity (Wildman–Crippen MR) is 72.2 cm³/mol. The maximum atomic E-state index is 12.2. The van der Waals surface area contributed by atoms with E-state index in [0.29, 0.717) is 18.7 Å². The molecule has 0 aliphatic rings. The van der Waals surface area contributed by atoms with Gasteiger partial charge in [0.05, 0.1) is 12.2 Å². The van der Waals surface area contributed by atoms with Crippen molar-refractivity contribution in [3.05, 3.63) is 33.8 Å². The Balaban J connectivity index is 2.92. The lowest BCUT2D eigenvalue weighted by atomic mass is 10.1. The Hall–Kier alpha value is -0.870. The van der Waals surface area contributed by atoms with Crippen LogP contribution in [0.25, 0.3) is 0 Å². The van der Waals surface area contributed by atoms with E-state index in [2.05, 4.69) is 15.9 Å². The quantitative estimate of drug-likeness (QED) is 0.908. The molecule has 0 atom stereocenters. The van der Waals surface area contributed by atoms with E-state index in [0.717, 1.165) is 16.5 Å². The minimum absolute atomic E-state index is 0.00474. The summed E-state index contributed by atoms with van der Waals surface area (Å²) in [6, 6.07) is 5.67. The molecule has 1 amide bonds. The molecule has 3 nitrogen and oxygen atoms in total. The molecule has 0 unspecified atom stereocenters. The zero-order chi connectivity index (χ0) is 12.8. The van der Waals surface area contributed by atoms with Crippen molar-refractivity contribution in [2.75, 3.05) is 19.7 Å². The van der Waals surface area contributed by atoms with Gasteiger partial charge in [0.25, 0.3) is 5.91 Å². The maximum absolute atomic E-state index is 12.2. The van der Waals surface area contributed by atoms with Crippen LogP contribution in [0.1, 0.15) is 29.3 Å². The first kappa shape index (κ1) is 14.2. The average Bonchev–Trinajstić information content (AvgIpc) is 2.28. The summed E-state index contributed by atoms with van der Waals surface area (Å²) in [4.78, 5) is 13.9. The van der Waals surface area contributed by atoms with Gasteiger partial charge in [-0.3, -0.25) is 4.79 Å². The van der Waals surface area contributed by atoms with Crippen LogP contribution in [0, 0.1) is 6.92 Å². The smallest absolute Gasteiger partial charge is 0.255 e. The van der Waals surface area contributed by atoms with Gasteiger partial charge in [-0.25, -0.2) is 0 Å². The maximum Gasteiger partial charge on any atom is 0.255 e. The Morgan fingerprint density at radius 1 is 1.41 bits per heavy atom. The van der Waals surface area contributed by atoms with E-state index in [9.17, 15) is 4.79 Å². The normalized spacial score (nSPS) is 10.4. The van der Waals surface area contributed by atoms with Gasteiger partial charge in [0.1, 0.15) is 0 Å². The molecule has 0 spiro atoms. The van der Waals surface area contributed by atoms with E-state index in [-0.39, 0.29) is 12.5 Å². The predicted octanol–water partition coefficient (Wildman–Crippen LogP) is 2.60. The molecule has 1 N–H and O–H groups in total. The lowest BCUT2D eigenvalue weighted by molar-refractivity contribution is 0.0721. The summed E-state index contributed by atoms with van der Waals surface area (Å²) in [5.41, 5.74) is 1.76. The molecule has 0 fully saturated rings. The molecule has 1 rings (SSSR count). The third-order valence-electron chi connectivity index (χ3n) is 2.51. The minimum atomic E-state index is -0.0345. The number of aliphatic hydroxyl groups excluding tert-OH is 1. The Morgan fingerprint density at radius 2 is 2.12 bits per heavy atom. The number of hydrogen-bond acceptors (Lipinski definition) is 2. The van der Waals surface area contributed by atoms with E-state index >= 15 is 0 Å². The summed E-state index contributed by atoms with van der Waals surface area (Å²) >= 11 is 3.41. The summed E-state index contributed by atoms with van der Waals surface area (Å²) in [6.45, 7) is 5.04. The molecular formula is C13H18BrNO2. The molecule has 1 aromatic carbocycles. The molecule has 1 aromatic rings. The molecule has 0 aliphatic carbocycles. The third kappa shape index (κ3) is 3.82. The summed E-state index contributed by atoms with van der Waals surface area (Å²) in [5.74, 6) is -0.0345. The summed E-state index contributed by atoms with van der Waals surface area (Å²) in [5, 5.41) is 8.97. The van der Waals surface area contributed by atoms with Gasteiger partial charge in [-0.1, -0.05) is 13.0 Å². The molecular weight excluding hydrogens is 282 g/mol. The van der Waals surface area contributed by atoms with Gasteiger partial charge in [-0.05, 0) is 47.0 Å². The molecule has 17 heavy (non-hydrogen) atoms. The second kappa shape index (κ2) is 6.77. The van der Waals surface area contributed by atoms with Gasteiger partial charge in [0.2, 0.25) is 0 Å². The minimum Gasteiger partial charge on any atom is -0.395 e. The number of benzene rings is 1. The van der Waals surface area contributed by atoms with Crippen molar-refractivity contribution in [3.8, 4) is 0 Å². The van der Waals surface area contributed by atoms with Crippen LogP contribution in [-0.2, 0) is 0 Å². The van der Waals surface area contributed by atoms with Crippen LogP contribution in [0.4, 0.5) is 0 Å². The number of carbonyl (C=O) groups excluding carboxylic acids is 1. The fraction of sp³-hybridized carbons (Fsp3) is 0.462. The Bertz CT molecular complexity index is 387. The first-order chi connectivity index (χ1) is 8.10. The highest BCUT2D eigenvalue weighted by Crippen LogP contribution is 2.20. The number of aliphatic hydroxyl groups is 1. The Kier molecular flexibility index (Phi) is 5.65. The van der Waals surface area contributed by atoms with E-state index in [1.807, 2.05) is 32.0 Å². The van der Waals surface area contributed by atoms with Crippen LogP contribution in [0.5, 0.6) is 0 Å². The standard InChI is InChI=1S/C13H18BrNO2/c1-3-6-15(7-8-16)13(17)11-5-4-10(2)9-12(11)14/h4-5,9,16H,3,6-8H2,1-2H3. The van der Waals surface area contributed by atoms with Crippen molar-refractivity contribution in [1.29, 1.82) is 0 Å². The fourth-order valence-corrected chi connectivity index (χ4v) is 2.33. The summed E-state index contributed by atoms with van der Waals surface area (Å²) in [6.07, 6.45) is 0.884. The summed E-state index contributed by atoms with van der Waals surface area (Å²) < 4.78 is 0.807. The third-order valence-corrected chi connectivity index (χ3v) is 3.16. The molecule has 4 heteroatoms. The number of rotatable bonds is 5. The molecule has 0 aliphatic heterocycles. The molecule has 0 radical (unpaired) electrons. The van der Waals surface area contributed by atoms with Crippen LogP contribution in [0.2, 0.25) is 0 Å². The lowest BCUT2D eigenvalue weighted by Crippen LogP contribution is -2.34. The number of carbonyl (C=O) groups is 1. The first-order valence-corrected chi connectivity index (χ1v) is 6.55. The largest absolute Gasteiger partial charge is 0.395 e. The average molecular weight is 300 g/mol. The second-order valence-electron chi connectivity index (χ2n) is 4.00.